The van der Waals surface area contributed by atoms with E-state index in [1.54, 1.807) is 18.3 Å². The average Bonchev–Trinajstić information content (AvgIpc) is 2.39. The van der Waals surface area contributed by atoms with E-state index in [9.17, 15) is 9.59 Å². The Hall–Kier alpha value is -2.27. The molecule has 0 aliphatic rings. The van der Waals surface area contributed by atoms with Crippen molar-refractivity contribution in [3.8, 4) is 0 Å². The fraction of sp³-hybridized carbons (Fsp3) is 0.143. The van der Waals surface area contributed by atoms with E-state index in [4.69, 9.17) is 17.3 Å². The quantitative estimate of drug-likeness (QED) is 0.852. The Morgan fingerprint density at radius 1 is 1.35 bits per heavy atom. The number of benzene rings is 1. The minimum absolute atomic E-state index is 0.113. The molecule has 0 bridgehead atoms. The molecule has 2 aromatic rings. The second kappa shape index (κ2) is 5.79. The molecular weight excluding hydrogens is 278 g/mol. The van der Waals surface area contributed by atoms with Crippen molar-refractivity contribution in [2.45, 2.75) is 13.5 Å². The van der Waals surface area contributed by atoms with E-state index >= 15 is 0 Å². The first kappa shape index (κ1) is 14.1. The van der Waals surface area contributed by atoms with E-state index in [0.29, 0.717) is 28.5 Å². The molecule has 0 fully saturated rings. The number of amides is 1. The van der Waals surface area contributed by atoms with Gasteiger partial charge in [-0.25, -0.2) is 0 Å². The number of aromatic nitrogens is 1. The van der Waals surface area contributed by atoms with Crippen LogP contribution in [-0.2, 0) is 6.54 Å². The summed E-state index contributed by atoms with van der Waals surface area (Å²) in [7, 11) is 0. The van der Waals surface area contributed by atoms with Crippen LogP contribution in [0.25, 0.3) is 0 Å². The Morgan fingerprint density at radius 2 is 2.10 bits per heavy atom. The predicted molar refractivity (Wildman–Crippen MR) is 80.2 cm³/mol. The number of aryl methyl sites for hydroxylation is 1. The van der Waals surface area contributed by atoms with Gasteiger partial charge >= 0.3 is 0 Å². The third kappa shape index (κ3) is 3.19. The van der Waals surface area contributed by atoms with Crippen LogP contribution >= 0.6 is 11.6 Å². The second-order valence-corrected chi connectivity index (χ2v) is 4.71. The van der Waals surface area contributed by atoms with Crippen LogP contribution in [0.5, 0.6) is 0 Å². The maximum absolute atomic E-state index is 12.1. The summed E-state index contributed by atoms with van der Waals surface area (Å²) in [6.07, 6.45) is 1.59. The summed E-state index contributed by atoms with van der Waals surface area (Å²) >= 11 is 5.86. The maximum Gasteiger partial charge on any atom is 0.255 e. The van der Waals surface area contributed by atoms with E-state index in [0.717, 1.165) is 0 Å². The summed E-state index contributed by atoms with van der Waals surface area (Å²) in [4.78, 5) is 23.6. The molecule has 2 rings (SSSR count). The van der Waals surface area contributed by atoms with Gasteiger partial charge in [0.25, 0.3) is 11.5 Å². The van der Waals surface area contributed by atoms with Crippen LogP contribution in [0.2, 0.25) is 5.02 Å². The highest BCUT2D eigenvalue weighted by molar-refractivity contribution is 6.31. The molecule has 0 saturated heterocycles. The standard InChI is InChI=1S/C14H14ClN3O2/c1-2-18-8-12(3-4-13(18)19)17-14(20)9-5-10(15)7-11(16)6-9/h3-8H,2,16H2,1H3,(H,17,20). The van der Waals surface area contributed by atoms with Crippen molar-refractivity contribution in [3.63, 3.8) is 0 Å². The minimum Gasteiger partial charge on any atom is -0.399 e. The number of halogens is 1. The lowest BCUT2D eigenvalue weighted by Gasteiger charge is -2.08. The maximum atomic E-state index is 12.1. The summed E-state index contributed by atoms with van der Waals surface area (Å²) in [5.74, 6) is -0.333. The Labute approximate surface area is 121 Å². The normalized spacial score (nSPS) is 10.3. The lowest BCUT2D eigenvalue weighted by molar-refractivity contribution is 0.102. The third-order valence-corrected chi connectivity index (χ3v) is 2.98. The Morgan fingerprint density at radius 3 is 2.75 bits per heavy atom. The van der Waals surface area contributed by atoms with Gasteiger partial charge in [-0.2, -0.15) is 0 Å². The molecule has 3 N–H and O–H groups in total. The molecule has 0 unspecified atom stereocenters. The molecule has 0 spiro atoms. The Balaban J connectivity index is 2.25. The monoisotopic (exact) mass is 291 g/mol. The number of carbonyl (C=O) groups is 1. The van der Waals surface area contributed by atoms with Crippen molar-refractivity contribution in [2.75, 3.05) is 11.1 Å². The van der Waals surface area contributed by atoms with Gasteiger partial charge in [-0.3, -0.25) is 9.59 Å². The highest BCUT2D eigenvalue weighted by Gasteiger charge is 2.08. The largest absolute Gasteiger partial charge is 0.399 e. The molecule has 1 amide bonds. The smallest absolute Gasteiger partial charge is 0.255 e. The fourth-order valence-electron chi connectivity index (χ4n) is 1.80. The molecule has 0 aliphatic carbocycles. The van der Waals surface area contributed by atoms with Crippen molar-refractivity contribution in [1.29, 1.82) is 0 Å². The molecule has 104 valence electrons. The Bertz CT molecular complexity index is 690. The molecule has 1 aromatic carbocycles. The molecule has 20 heavy (non-hydrogen) atoms. The van der Waals surface area contributed by atoms with E-state index < -0.39 is 0 Å². The number of nitrogen functional groups attached to an aromatic ring is 1. The molecule has 1 aromatic heterocycles. The van der Waals surface area contributed by atoms with Crippen molar-refractivity contribution >= 4 is 28.9 Å². The van der Waals surface area contributed by atoms with Crippen molar-refractivity contribution in [2.24, 2.45) is 0 Å². The summed E-state index contributed by atoms with van der Waals surface area (Å²) in [6.45, 7) is 2.39. The number of rotatable bonds is 3. The van der Waals surface area contributed by atoms with Crippen LogP contribution in [0.1, 0.15) is 17.3 Å². The highest BCUT2D eigenvalue weighted by Crippen LogP contribution is 2.17. The molecule has 5 nitrogen and oxygen atoms in total. The first-order chi connectivity index (χ1) is 9.49. The first-order valence-electron chi connectivity index (χ1n) is 6.07. The zero-order valence-electron chi connectivity index (χ0n) is 10.9. The van der Waals surface area contributed by atoms with Crippen LogP contribution in [0.15, 0.2) is 41.3 Å². The van der Waals surface area contributed by atoms with Gasteiger partial charge in [0.15, 0.2) is 0 Å². The minimum atomic E-state index is -0.333. The van der Waals surface area contributed by atoms with Crippen molar-refractivity contribution in [3.05, 3.63) is 57.5 Å². The van der Waals surface area contributed by atoms with Crippen LogP contribution in [0.3, 0.4) is 0 Å². The van der Waals surface area contributed by atoms with Gasteiger partial charge < -0.3 is 15.6 Å². The Kier molecular flexibility index (Phi) is 4.10. The van der Waals surface area contributed by atoms with Gasteiger partial charge in [0.1, 0.15) is 0 Å². The van der Waals surface area contributed by atoms with Gasteiger partial charge in [0.2, 0.25) is 0 Å². The molecule has 1 heterocycles. The number of hydrogen-bond donors (Lipinski definition) is 2. The molecular formula is C14H14ClN3O2. The van der Waals surface area contributed by atoms with Crippen LogP contribution < -0.4 is 16.6 Å². The predicted octanol–water partition coefficient (Wildman–Crippen LogP) is 2.36. The number of nitrogens with zero attached hydrogens (tertiary/aromatic N) is 1. The lowest BCUT2D eigenvalue weighted by Crippen LogP contribution is -2.19. The molecule has 6 heteroatoms. The number of nitrogens with one attached hydrogen (secondary N) is 1. The summed E-state index contributed by atoms with van der Waals surface area (Å²) in [6, 6.07) is 7.60. The fourth-order valence-corrected chi connectivity index (χ4v) is 2.04. The van der Waals surface area contributed by atoms with E-state index in [-0.39, 0.29) is 11.5 Å². The van der Waals surface area contributed by atoms with Gasteiger partial charge in [0, 0.05) is 35.1 Å². The number of pyridine rings is 1. The number of hydrogen-bond acceptors (Lipinski definition) is 3. The zero-order chi connectivity index (χ0) is 14.7. The van der Waals surface area contributed by atoms with Crippen LogP contribution in [0, 0.1) is 0 Å². The number of anilines is 2. The molecule has 0 radical (unpaired) electrons. The van der Waals surface area contributed by atoms with Gasteiger partial charge in [0.05, 0.1) is 5.69 Å². The van der Waals surface area contributed by atoms with Gasteiger partial charge in [-0.1, -0.05) is 11.6 Å². The van der Waals surface area contributed by atoms with E-state index in [2.05, 4.69) is 5.32 Å². The van der Waals surface area contributed by atoms with Crippen LogP contribution in [-0.4, -0.2) is 10.5 Å². The zero-order valence-corrected chi connectivity index (χ0v) is 11.6. The van der Waals surface area contributed by atoms with E-state index in [1.165, 1.54) is 22.8 Å². The van der Waals surface area contributed by atoms with Gasteiger partial charge in [-0.05, 0) is 31.2 Å². The average molecular weight is 292 g/mol. The second-order valence-electron chi connectivity index (χ2n) is 4.27. The molecule has 0 aliphatic heterocycles. The lowest BCUT2D eigenvalue weighted by atomic mass is 10.2. The topological polar surface area (TPSA) is 77.1 Å². The third-order valence-electron chi connectivity index (χ3n) is 2.76. The van der Waals surface area contributed by atoms with Crippen molar-refractivity contribution < 1.29 is 4.79 Å². The highest BCUT2D eigenvalue weighted by atomic mass is 35.5. The van der Waals surface area contributed by atoms with Crippen molar-refractivity contribution in [1.82, 2.24) is 4.57 Å². The summed E-state index contributed by atoms with van der Waals surface area (Å²) in [5.41, 5.74) is 6.85. The molecule has 0 saturated carbocycles. The number of carbonyl (C=O) groups excluding carboxylic acids is 1. The number of nitrogens with two attached hydrogens (primary N) is 1. The first-order valence-corrected chi connectivity index (χ1v) is 6.45. The summed E-state index contributed by atoms with van der Waals surface area (Å²) in [5, 5.41) is 3.10. The summed E-state index contributed by atoms with van der Waals surface area (Å²) < 4.78 is 1.50. The van der Waals surface area contributed by atoms with Crippen LogP contribution in [0.4, 0.5) is 11.4 Å². The molecule has 0 atom stereocenters. The SMILES string of the molecule is CCn1cc(NC(=O)c2cc(N)cc(Cl)c2)ccc1=O. The van der Waals surface area contributed by atoms with Gasteiger partial charge in [-0.15, -0.1) is 0 Å². The van der Waals surface area contributed by atoms with E-state index in [1.807, 2.05) is 6.92 Å².